The summed E-state index contributed by atoms with van der Waals surface area (Å²) in [5.41, 5.74) is 6.87. The van der Waals surface area contributed by atoms with Crippen LogP contribution in [0.1, 0.15) is 22.3 Å². The normalized spacial score (nSPS) is 20.4. The smallest absolute Gasteiger partial charge is 0.0848 e. The first-order chi connectivity index (χ1) is 8.09. The molecule has 0 aromatic heterocycles. The van der Waals surface area contributed by atoms with Gasteiger partial charge in [-0.05, 0) is 49.9 Å². The number of hydrogen-bond acceptors (Lipinski definition) is 3. The summed E-state index contributed by atoms with van der Waals surface area (Å²) >= 11 is 2.01. The molecule has 2 rings (SSSR count). The highest BCUT2D eigenvalue weighted by Crippen LogP contribution is 2.29. The van der Waals surface area contributed by atoms with Crippen molar-refractivity contribution >= 4 is 17.4 Å². The number of thioether (sulfide) groups is 1. The Labute approximate surface area is 109 Å². The lowest BCUT2D eigenvalue weighted by molar-refractivity contribution is 0.700. The maximum Gasteiger partial charge on any atom is 0.0848 e. The van der Waals surface area contributed by atoms with Crippen molar-refractivity contribution in [2.45, 2.75) is 33.1 Å². The molecule has 1 saturated heterocycles. The molecule has 17 heavy (non-hydrogen) atoms. The van der Waals surface area contributed by atoms with E-state index in [4.69, 9.17) is 0 Å². The minimum atomic E-state index is 0.502. The molecular formula is C14H22N2S. The standard InChI is InChI=1S/C14H22N2S/c1-9-7-10(2)12(4)14(11(9)3)16-13-8-15-5-6-17-13/h7,13,15-16H,5-6,8H2,1-4H3. The monoisotopic (exact) mass is 250 g/mol. The Hall–Kier alpha value is -0.670. The van der Waals surface area contributed by atoms with Crippen LogP contribution in [0.4, 0.5) is 5.69 Å². The van der Waals surface area contributed by atoms with E-state index in [1.165, 1.54) is 33.7 Å². The first-order valence-corrected chi connectivity index (χ1v) is 7.30. The van der Waals surface area contributed by atoms with Crippen molar-refractivity contribution in [3.05, 3.63) is 28.3 Å². The summed E-state index contributed by atoms with van der Waals surface area (Å²) in [7, 11) is 0. The predicted molar refractivity (Wildman–Crippen MR) is 78.1 cm³/mol. The molecule has 1 atom stereocenters. The molecule has 1 aliphatic heterocycles. The van der Waals surface area contributed by atoms with Gasteiger partial charge in [0.05, 0.1) is 5.37 Å². The number of benzene rings is 1. The SMILES string of the molecule is Cc1cc(C)c(C)c(NC2CNCCS2)c1C. The van der Waals surface area contributed by atoms with E-state index in [0.717, 1.165) is 13.1 Å². The fraction of sp³-hybridized carbons (Fsp3) is 0.571. The van der Waals surface area contributed by atoms with Crippen molar-refractivity contribution in [1.29, 1.82) is 0 Å². The maximum absolute atomic E-state index is 3.70. The lowest BCUT2D eigenvalue weighted by atomic mass is 9.99. The molecule has 0 amide bonds. The summed E-state index contributed by atoms with van der Waals surface area (Å²) in [6.07, 6.45) is 0. The lowest BCUT2D eigenvalue weighted by Crippen LogP contribution is -2.37. The van der Waals surface area contributed by atoms with Crippen LogP contribution in [-0.2, 0) is 0 Å². The van der Waals surface area contributed by atoms with Crippen LogP contribution in [-0.4, -0.2) is 24.2 Å². The number of hydrogen-bond donors (Lipinski definition) is 2. The second-order valence-corrected chi connectivity index (χ2v) is 6.15. The van der Waals surface area contributed by atoms with E-state index in [-0.39, 0.29) is 0 Å². The average molecular weight is 250 g/mol. The van der Waals surface area contributed by atoms with Crippen LogP contribution in [0.2, 0.25) is 0 Å². The zero-order valence-corrected chi connectivity index (χ0v) is 12.0. The van der Waals surface area contributed by atoms with Gasteiger partial charge < -0.3 is 10.6 Å². The molecule has 0 aliphatic carbocycles. The third-order valence-electron chi connectivity index (χ3n) is 3.60. The molecule has 2 nitrogen and oxygen atoms in total. The van der Waals surface area contributed by atoms with Gasteiger partial charge in [0.2, 0.25) is 0 Å². The first kappa shape index (κ1) is 12.8. The zero-order chi connectivity index (χ0) is 12.4. The van der Waals surface area contributed by atoms with Gasteiger partial charge in [0.1, 0.15) is 0 Å². The Balaban J connectivity index is 2.24. The van der Waals surface area contributed by atoms with E-state index < -0.39 is 0 Å². The van der Waals surface area contributed by atoms with Crippen molar-refractivity contribution in [3.8, 4) is 0 Å². The molecule has 2 N–H and O–H groups in total. The van der Waals surface area contributed by atoms with Crippen LogP contribution < -0.4 is 10.6 Å². The molecular weight excluding hydrogens is 228 g/mol. The summed E-state index contributed by atoms with van der Waals surface area (Å²) in [6.45, 7) is 11.0. The topological polar surface area (TPSA) is 24.1 Å². The average Bonchev–Trinajstić information content (AvgIpc) is 2.33. The van der Waals surface area contributed by atoms with E-state index in [2.05, 4.69) is 44.4 Å². The molecule has 0 bridgehead atoms. The second kappa shape index (κ2) is 5.32. The number of nitrogens with one attached hydrogen (secondary N) is 2. The van der Waals surface area contributed by atoms with Gasteiger partial charge in [-0.1, -0.05) is 6.07 Å². The Morgan fingerprint density at radius 1 is 1.18 bits per heavy atom. The molecule has 94 valence electrons. The van der Waals surface area contributed by atoms with Crippen LogP contribution in [0.5, 0.6) is 0 Å². The quantitative estimate of drug-likeness (QED) is 0.844. The van der Waals surface area contributed by atoms with Crippen LogP contribution in [0.15, 0.2) is 6.07 Å². The van der Waals surface area contributed by atoms with Crippen molar-refractivity contribution in [3.63, 3.8) is 0 Å². The summed E-state index contributed by atoms with van der Waals surface area (Å²) in [5, 5.41) is 7.64. The van der Waals surface area contributed by atoms with E-state index in [0.29, 0.717) is 5.37 Å². The van der Waals surface area contributed by atoms with E-state index in [9.17, 15) is 0 Å². The van der Waals surface area contributed by atoms with Gasteiger partial charge in [-0.2, -0.15) is 0 Å². The van der Waals surface area contributed by atoms with Crippen molar-refractivity contribution in [1.82, 2.24) is 5.32 Å². The Morgan fingerprint density at radius 2 is 1.82 bits per heavy atom. The van der Waals surface area contributed by atoms with E-state index in [1.54, 1.807) is 0 Å². The van der Waals surface area contributed by atoms with Gasteiger partial charge in [0, 0.05) is 24.5 Å². The minimum Gasteiger partial charge on any atom is -0.372 e. The second-order valence-electron chi connectivity index (χ2n) is 4.84. The molecule has 0 radical (unpaired) electrons. The molecule has 1 unspecified atom stereocenters. The van der Waals surface area contributed by atoms with Gasteiger partial charge in [-0.25, -0.2) is 0 Å². The lowest BCUT2D eigenvalue weighted by Gasteiger charge is -2.27. The summed E-state index contributed by atoms with van der Waals surface area (Å²) < 4.78 is 0. The van der Waals surface area contributed by atoms with Crippen molar-refractivity contribution < 1.29 is 0 Å². The third-order valence-corrected chi connectivity index (χ3v) is 4.73. The van der Waals surface area contributed by atoms with Gasteiger partial charge >= 0.3 is 0 Å². The summed E-state index contributed by atoms with van der Waals surface area (Å²) in [4.78, 5) is 0. The molecule has 1 aromatic rings. The summed E-state index contributed by atoms with van der Waals surface area (Å²) in [5.74, 6) is 1.19. The van der Waals surface area contributed by atoms with Crippen molar-refractivity contribution in [2.24, 2.45) is 0 Å². The van der Waals surface area contributed by atoms with E-state index >= 15 is 0 Å². The molecule has 3 heteroatoms. The third kappa shape index (κ3) is 2.78. The highest BCUT2D eigenvalue weighted by molar-refractivity contribution is 8.00. The Kier molecular flexibility index (Phi) is 4.00. The predicted octanol–water partition coefficient (Wildman–Crippen LogP) is 2.99. The zero-order valence-electron chi connectivity index (χ0n) is 11.2. The van der Waals surface area contributed by atoms with Crippen LogP contribution in [0.3, 0.4) is 0 Å². The van der Waals surface area contributed by atoms with Crippen LogP contribution in [0.25, 0.3) is 0 Å². The highest BCUT2D eigenvalue weighted by Gasteiger charge is 2.16. The molecule has 1 heterocycles. The minimum absolute atomic E-state index is 0.502. The summed E-state index contributed by atoms with van der Waals surface area (Å²) in [6, 6.07) is 2.28. The molecule has 1 fully saturated rings. The first-order valence-electron chi connectivity index (χ1n) is 6.26. The maximum atomic E-state index is 3.70. The molecule has 1 aromatic carbocycles. The van der Waals surface area contributed by atoms with Gasteiger partial charge in [0.15, 0.2) is 0 Å². The number of rotatable bonds is 2. The van der Waals surface area contributed by atoms with Gasteiger partial charge in [0.25, 0.3) is 0 Å². The highest BCUT2D eigenvalue weighted by atomic mass is 32.2. The fourth-order valence-corrected chi connectivity index (χ4v) is 3.24. The van der Waals surface area contributed by atoms with Crippen molar-refractivity contribution in [2.75, 3.05) is 24.2 Å². The molecule has 0 saturated carbocycles. The Morgan fingerprint density at radius 3 is 2.35 bits per heavy atom. The van der Waals surface area contributed by atoms with Crippen LogP contribution in [0, 0.1) is 27.7 Å². The molecule has 1 aliphatic rings. The number of anilines is 1. The van der Waals surface area contributed by atoms with Gasteiger partial charge in [-0.15, -0.1) is 11.8 Å². The number of aryl methyl sites for hydroxylation is 2. The van der Waals surface area contributed by atoms with E-state index in [1.807, 2.05) is 11.8 Å². The molecule has 0 spiro atoms. The van der Waals surface area contributed by atoms with Crippen LogP contribution >= 0.6 is 11.8 Å². The van der Waals surface area contributed by atoms with Gasteiger partial charge in [-0.3, -0.25) is 0 Å². The largest absolute Gasteiger partial charge is 0.372 e. The Bertz CT molecular complexity index is 383. The fourth-order valence-electron chi connectivity index (χ4n) is 2.25.